The highest BCUT2D eigenvalue weighted by molar-refractivity contribution is 5.64. The third kappa shape index (κ3) is 13.3. The van der Waals surface area contributed by atoms with Gasteiger partial charge >= 0.3 is 0 Å². The lowest BCUT2D eigenvalue weighted by atomic mass is 9.98. The lowest BCUT2D eigenvalue weighted by Crippen LogP contribution is -2.29. The van der Waals surface area contributed by atoms with E-state index in [9.17, 15) is 5.26 Å². The van der Waals surface area contributed by atoms with Crippen LogP contribution >= 0.6 is 0 Å². The zero-order valence-corrected chi connectivity index (χ0v) is 31.6. The monoisotopic (exact) mass is 689 g/mol. The number of hydrogen-bond acceptors (Lipinski definition) is 8. The summed E-state index contributed by atoms with van der Waals surface area (Å²) in [5.41, 5.74) is 5.35. The van der Waals surface area contributed by atoms with Gasteiger partial charge in [0.05, 0.1) is 18.0 Å². The molecule has 2 fully saturated rings. The Hall–Kier alpha value is -5.10. The van der Waals surface area contributed by atoms with Crippen LogP contribution in [-0.2, 0) is 7.05 Å². The van der Waals surface area contributed by atoms with Gasteiger partial charge in [0.2, 0.25) is 0 Å². The molecule has 1 aliphatic heterocycles. The number of aryl methyl sites for hydroxylation is 1. The number of allylic oxidation sites excluding steroid dienone is 5. The van der Waals surface area contributed by atoms with Crippen LogP contribution in [-0.4, -0.2) is 74.8 Å². The highest BCUT2D eigenvalue weighted by Gasteiger charge is 2.25. The van der Waals surface area contributed by atoms with Gasteiger partial charge in [-0.1, -0.05) is 101 Å². The molecule has 0 atom stereocenters. The molecule has 51 heavy (non-hydrogen) atoms. The van der Waals surface area contributed by atoms with E-state index >= 15 is 0 Å². The first-order valence-corrected chi connectivity index (χ1v) is 18.2. The van der Waals surface area contributed by atoms with Crippen molar-refractivity contribution < 1.29 is 0 Å². The van der Waals surface area contributed by atoms with Crippen LogP contribution in [0.15, 0.2) is 133 Å². The van der Waals surface area contributed by atoms with Gasteiger partial charge in [-0.15, -0.1) is 0 Å². The molecule has 0 radical (unpaired) electrons. The molecular weight excluding hydrogens is 631 g/mol. The van der Waals surface area contributed by atoms with Crippen molar-refractivity contribution in [2.24, 2.45) is 18.1 Å². The molecule has 1 aromatic heterocycles. The number of hydrazone groups is 1. The van der Waals surface area contributed by atoms with E-state index < -0.39 is 0 Å². The second-order valence-corrected chi connectivity index (χ2v) is 13.4. The van der Waals surface area contributed by atoms with Gasteiger partial charge in [0, 0.05) is 57.9 Å². The zero-order chi connectivity index (χ0) is 37.2. The van der Waals surface area contributed by atoms with E-state index in [1.54, 1.807) is 37.4 Å². The summed E-state index contributed by atoms with van der Waals surface area (Å²) < 4.78 is 0. The lowest BCUT2D eigenvalue weighted by Gasteiger charge is -2.26. The molecular formula is C42H59N9. The summed E-state index contributed by atoms with van der Waals surface area (Å²) in [5, 5.41) is 23.4. The molecule has 1 aromatic carbocycles. The van der Waals surface area contributed by atoms with Gasteiger partial charge in [0.25, 0.3) is 0 Å². The molecule has 9 heteroatoms. The summed E-state index contributed by atoms with van der Waals surface area (Å²) in [5.74, 6) is 2.41. The Bertz CT molecular complexity index is 1560. The van der Waals surface area contributed by atoms with Crippen LogP contribution in [0.3, 0.4) is 0 Å². The van der Waals surface area contributed by atoms with Crippen molar-refractivity contribution >= 4 is 6.34 Å². The Balaban J connectivity index is 0.000000330. The summed E-state index contributed by atoms with van der Waals surface area (Å²) in [7, 11) is 5.71. The Labute approximate surface area is 307 Å². The standard InChI is InChI=1S/C28H40N6.C11H14.C3H5N3/c1-9-22(2)18-28(19-29)25(5)32(8)17-16-31(7)23(3)14-15-24(4)33-21-30-34(26(33)6)20-27-12-10-11-13-27;1-2-6-10(7-3-1)11-8-4-5-9-11;1-6-4-2-3-5-6/h14-15,18,21,27H,2-6,9-13,16-17,20H2,1,7-8H3;1-3,6-7,11H,4-5,8-9H2;2-3H,1H3/b15-14-,28-18-;;. The first kappa shape index (κ1) is 40.3. The molecule has 2 saturated carbocycles. The zero-order valence-electron chi connectivity index (χ0n) is 31.6. The Morgan fingerprint density at radius 1 is 0.922 bits per heavy atom. The van der Waals surface area contributed by atoms with Crippen LogP contribution in [0.2, 0.25) is 0 Å². The molecule has 5 rings (SSSR count). The number of aromatic nitrogens is 3. The van der Waals surface area contributed by atoms with Gasteiger partial charge in [-0.25, -0.2) is 5.01 Å². The van der Waals surface area contributed by atoms with Gasteiger partial charge in [0.15, 0.2) is 0 Å². The molecule has 2 aliphatic carbocycles. The maximum atomic E-state index is 9.46. The highest BCUT2D eigenvalue weighted by Crippen LogP contribution is 2.33. The summed E-state index contributed by atoms with van der Waals surface area (Å²) in [6, 6.07) is 13.1. The molecule has 3 aliphatic rings. The molecule has 272 valence electrons. The third-order valence-electron chi connectivity index (χ3n) is 9.68. The molecule has 2 heterocycles. The molecule has 0 bridgehead atoms. The van der Waals surface area contributed by atoms with E-state index in [1.807, 2.05) is 48.0 Å². The summed E-state index contributed by atoms with van der Waals surface area (Å²) in [6.45, 7) is 25.0. The van der Waals surface area contributed by atoms with Gasteiger partial charge < -0.3 is 9.80 Å². The first-order chi connectivity index (χ1) is 24.5. The molecule has 0 N–H and O–H groups in total. The number of benzene rings is 1. The molecule has 9 nitrogen and oxygen atoms in total. The Morgan fingerprint density at radius 2 is 1.53 bits per heavy atom. The quantitative estimate of drug-likeness (QED) is 0.145. The smallest absolute Gasteiger partial charge is 0.127 e. The fraction of sp³-hybridized carbons (Fsp3) is 0.429. The fourth-order valence-corrected chi connectivity index (χ4v) is 6.14. The number of nitrogens with zero attached hydrogens (tertiary/aromatic N) is 9. The minimum Gasteiger partial charge on any atom is -0.373 e. The van der Waals surface area contributed by atoms with Crippen molar-refractivity contribution in [2.75, 3.05) is 33.7 Å². The van der Waals surface area contributed by atoms with Crippen molar-refractivity contribution in [3.05, 3.63) is 133 Å². The van der Waals surface area contributed by atoms with E-state index in [0.29, 0.717) is 23.7 Å². The second kappa shape index (κ2) is 21.2. The molecule has 2 aromatic rings. The van der Waals surface area contributed by atoms with Gasteiger partial charge in [0.1, 0.15) is 18.2 Å². The van der Waals surface area contributed by atoms with E-state index in [1.165, 1.54) is 56.2 Å². The maximum absolute atomic E-state index is 9.46. The predicted octanol–water partition coefficient (Wildman–Crippen LogP) is 8.75. The topological polar surface area (TPSA) is 79.8 Å². The SMILES string of the molecule is C=C(/C=C(/C#N)C(=C)N(C)CCN(C)C(=C)/C=C\C(=C)N1C=NN(CC2CCCC2)C1=C)CC.Cn1nccn1.c1ccc(C2CCCC2)cc1. The van der Waals surface area contributed by atoms with E-state index in [2.05, 4.69) is 89.5 Å². The molecule has 0 amide bonds. The predicted molar refractivity (Wildman–Crippen MR) is 212 cm³/mol. The minimum absolute atomic E-state index is 0.543. The van der Waals surface area contributed by atoms with Crippen LogP contribution in [0.4, 0.5) is 0 Å². The number of nitriles is 1. The van der Waals surface area contributed by atoms with Crippen LogP contribution < -0.4 is 0 Å². The Kier molecular flexibility index (Phi) is 16.8. The Morgan fingerprint density at radius 3 is 2.10 bits per heavy atom. The van der Waals surface area contributed by atoms with Gasteiger partial charge in [-0.2, -0.15) is 25.4 Å². The van der Waals surface area contributed by atoms with Crippen molar-refractivity contribution in [1.29, 1.82) is 5.26 Å². The minimum atomic E-state index is 0.543. The van der Waals surface area contributed by atoms with Crippen molar-refractivity contribution in [2.45, 2.75) is 70.6 Å². The average Bonchev–Trinajstić information content (AvgIpc) is 4.00. The average molecular weight is 690 g/mol. The summed E-state index contributed by atoms with van der Waals surface area (Å²) in [6.07, 6.45) is 22.4. The van der Waals surface area contributed by atoms with Crippen molar-refractivity contribution in [3.8, 4) is 6.07 Å². The lowest BCUT2D eigenvalue weighted by molar-refractivity contribution is 0.285. The second-order valence-electron chi connectivity index (χ2n) is 13.4. The van der Waals surface area contributed by atoms with Crippen LogP contribution in [0.5, 0.6) is 0 Å². The largest absolute Gasteiger partial charge is 0.373 e. The molecule has 0 unspecified atom stereocenters. The third-order valence-corrected chi connectivity index (χ3v) is 9.68. The van der Waals surface area contributed by atoms with Crippen molar-refractivity contribution in [3.63, 3.8) is 0 Å². The van der Waals surface area contributed by atoms with Crippen LogP contribution in [0.25, 0.3) is 0 Å². The number of likely N-dealkylation sites (N-methyl/N-ethyl adjacent to an activating group) is 2. The van der Waals surface area contributed by atoms with Crippen molar-refractivity contribution in [1.82, 2.24) is 34.7 Å². The number of rotatable bonds is 14. The van der Waals surface area contributed by atoms with Crippen LogP contribution in [0.1, 0.15) is 76.2 Å². The fourth-order valence-electron chi connectivity index (χ4n) is 6.14. The summed E-state index contributed by atoms with van der Waals surface area (Å²) >= 11 is 0. The normalized spacial score (nSPS) is 16.0. The first-order valence-electron chi connectivity index (χ1n) is 18.2. The highest BCUT2D eigenvalue weighted by atomic mass is 15.6. The maximum Gasteiger partial charge on any atom is 0.127 e. The van der Waals surface area contributed by atoms with E-state index in [4.69, 9.17) is 0 Å². The summed E-state index contributed by atoms with van der Waals surface area (Å²) in [4.78, 5) is 7.46. The number of hydrogen-bond donors (Lipinski definition) is 0. The van der Waals surface area contributed by atoms with Crippen LogP contribution in [0, 0.1) is 17.2 Å². The molecule has 0 saturated heterocycles. The van der Waals surface area contributed by atoms with E-state index in [0.717, 1.165) is 48.2 Å². The van der Waals surface area contributed by atoms with Gasteiger partial charge in [-0.3, -0.25) is 4.90 Å². The van der Waals surface area contributed by atoms with Gasteiger partial charge in [-0.05, 0) is 67.7 Å². The molecule has 0 spiro atoms. The van der Waals surface area contributed by atoms with E-state index in [-0.39, 0.29) is 0 Å².